The SMILES string of the molecule is CS(=O)(=O)C[C@@H](NCc1c(F)cccc1Cl)c1ccccc1. The van der Waals surface area contributed by atoms with E-state index in [4.69, 9.17) is 11.6 Å². The number of benzene rings is 2. The molecule has 6 heteroatoms. The Hall–Kier alpha value is -1.43. The quantitative estimate of drug-likeness (QED) is 0.876. The van der Waals surface area contributed by atoms with E-state index < -0.39 is 21.7 Å². The van der Waals surface area contributed by atoms with Crippen LogP contribution in [0.15, 0.2) is 48.5 Å². The molecule has 0 bridgehead atoms. The first-order chi connectivity index (χ1) is 10.4. The van der Waals surface area contributed by atoms with Gasteiger partial charge in [0.2, 0.25) is 0 Å². The molecule has 0 saturated heterocycles. The molecule has 22 heavy (non-hydrogen) atoms. The van der Waals surface area contributed by atoms with E-state index in [1.807, 2.05) is 30.3 Å². The van der Waals surface area contributed by atoms with Crippen molar-refractivity contribution in [3.63, 3.8) is 0 Å². The Bertz CT molecular complexity index is 715. The summed E-state index contributed by atoms with van der Waals surface area (Å²) >= 11 is 5.99. The minimum absolute atomic E-state index is 0.0664. The van der Waals surface area contributed by atoms with Crippen molar-refractivity contribution in [3.05, 3.63) is 70.5 Å². The zero-order valence-electron chi connectivity index (χ0n) is 12.1. The van der Waals surface area contributed by atoms with Gasteiger partial charge in [-0.15, -0.1) is 0 Å². The topological polar surface area (TPSA) is 46.2 Å². The first-order valence-electron chi connectivity index (χ1n) is 6.76. The third-order valence-electron chi connectivity index (χ3n) is 3.26. The van der Waals surface area contributed by atoms with Crippen LogP contribution in [-0.2, 0) is 16.4 Å². The lowest BCUT2D eigenvalue weighted by atomic mass is 10.1. The van der Waals surface area contributed by atoms with E-state index in [-0.39, 0.29) is 12.3 Å². The molecule has 2 aromatic rings. The monoisotopic (exact) mass is 341 g/mol. The number of halogens is 2. The largest absolute Gasteiger partial charge is 0.305 e. The second-order valence-corrected chi connectivity index (χ2v) is 7.73. The van der Waals surface area contributed by atoms with Crippen LogP contribution in [-0.4, -0.2) is 20.4 Å². The van der Waals surface area contributed by atoms with Crippen LogP contribution in [0.5, 0.6) is 0 Å². The summed E-state index contributed by atoms with van der Waals surface area (Å²) in [5.74, 6) is -0.477. The van der Waals surface area contributed by atoms with Gasteiger partial charge in [0.15, 0.2) is 0 Å². The van der Waals surface area contributed by atoms with Crippen LogP contribution in [0.25, 0.3) is 0 Å². The summed E-state index contributed by atoms with van der Waals surface area (Å²) in [7, 11) is -3.19. The molecule has 0 saturated carbocycles. The summed E-state index contributed by atoms with van der Waals surface area (Å²) in [6.45, 7) is 0.153. The van der Waals surface area contributed by atoms with Crippen molar-refractivity contribution in [1.29, 1.82) is 0 Å². The molecular weight excluding hydrogens is 325 g/mol. The summed E-state index contributed by atoms with van der Waals surface area (Å²) in [5, 5.41) is 3.41. The van der Waals surface area contributed by atoms with Gasteiger partial charge in [0.25, 0.3) is 0 Å². The fourth-order valence-electron chi connectivity index (χ4n) is 2.19. The van der Waals surface area contributed by atoms with Gasteiger partial charge in [0.1, 0.15) is 15.7 Å². The molecule has 0 aliphatic carbocycles. The first kappa shape index (κ1) is 16.9. The van der Waals surface area contributed by atoms with Gasteiger partial charge < -0.3 is 5.32 Å². The molecule has 1 N–H and O–H groups in total. The summed E-state index contributed by atoms with van der Waals surface area (Å²) < 4.78 is 37.0. The molecule has 2 aromatic carbocycles. The predicted octanol–water partition coefficient (Wildman–Crippen LogP) is 3.35. The van der Waals surface area contributed by atoms with E-state index >= 15 is 0 Å². The average Bonchev–Trinajstić information content (AvgIpc) is 2.45. The van der Waals surface area contributed by atoms with E-state index in [1.165, 1.54) is 18.4 Å². The van der Waals surface area contributed by atoms with Crippen molar-refractivity contribution in [2.75, 3.05) is 12.0 Å². The molecule has 0 aliphatic rings. The highest BCUT2D eigenvalue weighted by Crippen LogP contribution is 2.21. The van der Waals surface area contributed by atoms with E-state index in [1.54, 1.807) is 6.07 Å². The van der Waals surface area contributed by atoms with Crippen LogP contribution in [0.1, 0.15) is 17.2 Å². The predicted molar refractivity (Wildman–Crippen MR) is 87.1 cm³/mol. The third kappa shape index (κ3) is 4.80. The summed E-state index contributed by atoms with van der Waals surface area (Å²) in [6.07, 6.45) is 1.18. The Balaban J connectivity index is 2.20. The highest BCUT2D eigenvalue weighted by molar-refractivity contribution is 7.90. The number of hydrogen-bond acceptors (Lipinski definition) is 3. The Morgan fingerprint density at radius 2 is 1.82 bits per heavy atom. The molecule has 0 aliphatic heterocycles. The Morgan fingerprint density at radius 3 is 2.41 bits per heavy atom. The molecule has 3 nitrogen and oxygen atoms in total. The number of hydrogen-bond donors (Lipinski definition) is 1. The van der Waals surface area contributed by atoms with Gasteiger partial charge in [0, 0.05) is 29.4 Å². The number of nitrogens with one attached hydrogen (secondary N) is 1. The lowest BCUT2D eigenvalue weighted by Gasteiger charge is -2.19. The summed E-state index contributed by atoms with van der Waals surface area (Å²) in [5.41, 5.74) is 1.17. The van der Waals surface area contributed by atoms with E-state index in [9.17, 15) is 12.8 Å². The Labute approximate surface area is 135 Å². The van der Waals surface area contributed by atoms with Gasteiger partial charge in [-0.2, -0.15) is 0 Å². The molecule has 0 spiro atoms. The molecule has 1 atom stereocenters. The molecular formula is C16H17ClFNO2S. The normalized spacial score (nSPS) is 13.0. The molecule has 0 aromatic heterocycles. The zero-order chi connectivity index (χ0) is 16.2. The third-order valence-corrected chi connectivity index (χ3v) is 4.55. The molecule has 2 rings (SSSR count). The molecule has 0 amide bonds. The van der Waals surface area contributed by atoms with Crippen molar-refractivity contribution < 1.29 is 12.8 Å². The maximum absolute atomic E-state index is 13.8. The van der Waals surface area contributed by atoms with Gasteiger partial charge >= 0.3 is 0 Å². The van der Waals surface area contributed by atoms with Crippen molar-refractivity contribution in [3.8, 4) is 0 Å². The van der Waals surface area contributed by atoms with Crippen molar-refractivity contribution in [2.45, 2.75) is 12.6 Å². The molecule has 0 unspecified atom stereocenters. The average molecular weight is 342 g/mol. The van der Waals surface area contributed by atoms with Gasteiger partial charge in [0.05, 0.1) is 5.75 Å². The number of sulfone groups is 1. The van der Waals surface area contributed by atoms with E-state index in [0.29, 0.717) is 10.6 Å². The minimum atomic E-state index is -3.19. The standard InChI is InChI=1S/C16H17ClFNO2S/c1-22(20,21)11-16(12-6-3-2-4-7-12)19-10-13-14(17)8-5-9-15(13)18/h2-9,16,19H,10-11H2,1H3/t16-/m1/s1. The molecule has 0 fully saturated rings. The van der Waals surface area contributed by atoms with Crippen LogP contribution >= 0.6 is 11.6 Å². The smallest absolute Gasteiger partial charge is 0.149 e. The highest BCUT2D eigenvalue weighted by atomic mass is 35.5. The fraction of sp³-hybridized carbons (Fsp3) is 0.250. The second kappa shape index (κ2) is 7.22. The van der Waals surface area contributed by atoms with Crippen molar-refractivity contribution in [1.82, 2.24) is 5.32 Å². The zero-order valence-corrected chi connectivity index (χ0v) is 13.7. The fourth-order valence-corrected chi connectivity index (χ4v) is 3.33. The minimum Gasteiger partial charge on any atom is -0.305 e. The van der Waals surface area contributed by atoms with Crippen LogP contribution in [0.4, 0.5) is 4.39 Å². The first-order valence-corrected chi connectivity index (χ1v) is 9.19. The molecule has 118 valence electrons. The van der Waals surface area contributed by atoms with Crippen molar-refractivity contribution in [2.24, 2.45) is 0 Å². The Morgan fingerprint density at radius 1 is 1.14 bits per heavy atom. The van der Waals surface area contributed by atoms with Crippen molar-refractivity contribution >= 4 is 21.4 Å². The Kier molecular flexibility index (Phi) is 5.56. The highest BCUT2D eigenvalue weighted by Gasteiger charge is 2.18. The molecule has 0 radical (unpaired) electrons. The van der Waals surface area contributed by atoms with Crippen LogP contribution in [0.3, 0.4) is 0 Å². The maximum atomic E-state index is 13.8. The lowest BCUT2D eigenvalue weighted by Crippen LogP contribution is -2.28. The van der Waals surface area contributed by atoms with Gasteiger partial charge in [-0.1, -0.05) is 48.0 Å². The van der Waals surface area contributed by atoms with E-state index in [2.05, 4.69) is 5.32 Å². The molecule has 0 heterocycles. The lowest BCUT2D eigenvalue weighted by molar-refractivity contribution is 0.534. The second-order valence-electron chi connectivity index (χ2n) is 5.14. The van der Waals surface area contributed by atoms with Gasteiger partial charge in [-0.25, -0.2) is 12.8 Å². The van der Waals surface area contributed by atoms with E-state index in [0.717, 1.165) is 5.56 Å². The van der Waals surface area contributed by atoms with Gasteiger partial charge in [-0.05, 0) is 17.7 Å². The van der Waals surface area contributed by atoms with Crippen LogP contribution in [0.2, 0.25) is 5.02 Å². The number of rotatable bonds is 6. The summed E-state index contributed by atoms with van der Waals surface area (Å²) in [4.78, 5) is 0. The maximum Gasteiger partial charge on any atom is 0.149 e. The van der Waals surface area contributed by atoms with Crippen LogP contribution in [0, 0.1) is 5.82 Å². The van der Waals surface area contributed by atoms with Gasteiger partial charge in [-0.3, -0.25) is 0 Å². The summed E-state index contributed by atoms with van der Waals surface area (Å²) in [6, 6.07) is 13.3. The van der Waals surface area contributed by atoms with Crippen LogP contribution < -0.4 is 5.32 Å².